The van der Waals surface area contributed by atoms with Crippen molar-refractivity contribution in [3.05, 3.63) is 0 Å². The molecule has 0 unspecified atom stereocenters. The summed E-state index contributed by atoms with van der Waals surface area (Å²) in [6.45, 7) is 13.9. The number of esters is 1. The van der Waals surface area contributed by atoms with Crippen LogP contribution in [0.25, 0.3) is 0 Å². The number of carbonyl (C=O) groups excluding carboxylic acids is 2. The molecule has 25 heavy (non-hydrogen) atoms. The summed E-state index contributed by atoms with van der Waals surface area (Å²) in [7, 11) is 0. The molecule has 0 aliphatic carbocycles. The SMILES string of the molecule is CC[C@H]1OC(=O)[C@H](C)[C@@H](O)[C@H](C)C[C@@H](C)C[C@@H](C)C(=O)[C@H](C)C[C@H]1C. The molecular formula is C21H38O4. The third-order valence-corrected chi connectivity index (χ3v) is 6.00. The Hall–Kier alpha value is -0.900. The minimum atomic E-state index is -0.712. The van der Waals surface area contributed by atoms with Crippen molar-refractivity contribution < 1.29 is 19.4 Å². The topological polar surface area (TPSA) is 63.6 Å². The van der Waals surface area contributed by atoms with Crippen LogP contribution in [0.1, 0.15) is 74.1 Å². The van der Waals surface area contributed by atoms with Crippen LogP contribution in [0.5, 0.6) is 0 Å². The standard InChI is InChI=1S/C21H38O4/c1-8-18-13(3)11-16(6)19(22)14(4)9-12(2)10-15(5)20(23)17(7)21(24)25-18/h12-18,20,23H,8-11H2,1-7H3/t12-,13+,14+,15+,16+,17+,18+,20-/m0/s1. The number of ether oxygens (including phenoxy) is 1. The fourth-order valence-corrected chi connectivity index (χ4v) is 4.39. The van der Waals surface area contributed by atoms with Crippen molar-refractivity contribution >= 4 is 11.8 Å². The lowest BCUT2D eigenvalue weighted by Gasteiger charge is -2.31. The number of hydrogen-bond donors (Lipinski definition) is 1. The molecule has 0 aromatic rings. The first-order valence-corrected chi connectivity index (χ1v) is 10.0. The third kappa shape index (κ3) is 6.09. The second kappa shape index (κ2) is 9.70. The maximum atomic E-state index is 12.7. The van der Waals surface area contributed by atoms with E-state index in [1.165, 1.54) is 0 Å². The van der Waals surface area contributed by atoms with Gasteiger partial charge in [-0.2, -0.15) is 0 Å². The van der Waals surface area contributed by atoms with E-state index in [0.717, 1.165) is 25.7 Å². The van der Waals surface area contributed by atoms with Gasteiger partial charge in [0.15, 0.2) is 0 Å². The Balaban J connectivity index is 3.04. The molecule has 0 saturated carbocycles. The second-order valence-corrected chi connectivity index (χ2v) is 8.63. The first-order chi connectivity index (χ1) is 11.6. The number of Topliss-reactive ketones (excluding diaryl/α,β-unsaturated/α-hetero) is 1. The lowest BCUT2D eigenvalue weighted by Crippen LogP contribution is -2.37. The van der Waals surface area contributed by atoms with E-state index in [2.05, 4.69) is 6.92 Å². The van der Waals surface area contributed by atoms with E-state index >= 15 is 0 Å². The van der Waals surface area contributed by atoms with E-state index in [0.29, 0.717) is 11.7 Å². The molecule has 4 heteroatoms. The first kappa shape index (κ1) is 22.1. The van der Waals surface area contributed by atoms with Gasteiger partial charge in [-0.05, 0) is 50.4 Å². The predicted octanol–water partition coefficient (Wildman–Crippen LogP) is 4.24. The van der Waals surface area contributed by atoms with Gasteiger partial charge in [0.2, 0.25) is 0 Å². The van der Waals surface area contributed by atoms with Crippen LogP contribution in [0.2, 0.25) is 0 Å². The average molecular weight is 355 g/mol. The zero-order chi connectivity index (χ0) is 19.3. The Kier molecular flexibility index (Phi) is 8.59. The monoisotopic (exact) mass is 354 g/mol. The maximum Gasteiger partial charge on any atom is 0.311 e. The van der Waals surface area contributed by atoms with E-state index in [4.69, 9.17) is 4.74 Å². The molecule has 0 spiro atoms. The fourth-order valence-electron chi connectivity index (χ4n) is 4.39. The number of cyclic esters (lactones) is 1. The molecule has 1 rings (SSSR count). The van der Waals surface area contributed by atoms with E-state index in [1.54, 1.807) is 6.92 Å². The molecule has 1 heterocycles. The summed E-state index contributed by atoms with van der Waals surface area (Å²) in [5.74, 6) is -0.0722. The molecule has 1 fully saturated rings. The van der Waals surface area contributed by atoms with E-state index in [9.17, 15) is 14.7 Å². The fraction of sp³-hybridized carbons (Fsp3) is 0.905. The largest absolute Gasteiger partial charge is 0.462 e. The van der Waals surface area contributed by atoms with Crippen LogP contribution in [0, 0.1) is 35.5 Å². The Morgan fingerprint density at radius 2 is 1.48 bits per heavy atom. The van der Waals surface area contributed by atoms with Crippen molar-refractivity contribution in [2.45, 2.75) is 86.4 Å². The highest BCUT2D eigenvalue weighted by molar-refractivity contribution is 5.82. The molecular weight excluding hydrogens is 316 g/mol. The van der Waals surface area contributed by atoms with Gasteiger partial charge in [0.1, 0.15) is 11.9 Å². The van der Waals surface area contributed by atoms with Gasteiger partial charge < -0.3 is 9.84 Å². The molecule has 0 amide bonds. The summed E-state index contributed by atoms with van der Waals surface area (Å²) in [6.07, 6.45) is 2.18. The highest BCUT2D eigenvalue weighted by Gasteiger charge is 2.33. The Labute approximate surface area is 153 Å². The zero-order valence-corrected chi connectivity index (χ0v) is 17.1. The number of aliphatic hydroxyl groups excluding tert-OH is 1. The van der Waals surface area contributed by atoms with Gasteiger partial charge in [-0.3, -0.25) is 9.59 Å². The first-order valence-electron chi connectivity index (χ1n) is 10.0. The third-order valence-electron chi connectivity index (χ3n) is 6.00. The summed E-state index contributed by atoms with van der Waals surface area (Å²) < 4.78 is 5.71. The van der Waals surface area contributed by atoms with Crippen LogP contribution in [0.4, 0.5) is 0 Å². The normalized spacial score (nSPS) is 42.6. The molecule has 1 saturated heterocycles. The minimum Gasteiger partial charge on any atom is -0.462 e. The predicted molar refractivity (Wildman–Crippen MR) is 100 cm³/mol. The summed E-state index contributed by atoms with van der Waals surface area (Å²) in [4.78, 5) is 25.2. The van der Waals surface area contributed by atoms with Gasteiger partial charge in [-0.25, -0.2) is 0 Å². The number of ketones is 1. The molecule has 4 nitrogen and oxygen atoms in total. The summed E-state index contributed by atoms with van der Waals surface area (Å²) in [5.41, 5.74) is 0. The molecule has 1 aliphatic rings. The molecule has 8 atom stereocenters. The van der Waals surface area contributed by atoms with Crippen molar-refractivity contribution in [3.8, 4) is 0 Å². The Morgan fingerprint density at radius 3 is 2.04 bits per heavy atom. The molecule has 1 N–H and O–H groups in total. The van der Waals surface area contributed by atoms with E-state index < -0.39 is 12.0 Å². The van der Waals surface area contributed by atoms with Gasteiger partial charge >= 0.3 is 5.97 Å². The zero-order valence-electron chi connectivity index (χ0n) is 17.1. The molecule has 0 aromatic carbocycles. The van der Waals surface area contributed by atoms with Crippen LogP contribution < -0.4 is 0 Å². The lowest BCUT2D eigenvalue weighted by molar-refractivity contribution is -0.161. The number of aliphatic hydroxyl groups is 1. The van der Waals surface area contributed by atoms with E-state index in [-0.39, 0.29) is 35.7 Å². The van der Waals surface area contributed by atoms with Crippen LogP contribution in [-0.2, 0) is 14.3 Å². The van der Waals surface area contributed by atoms with Gasteiger partial charge in [0.25, 0.3) is 0 Å². The van der Waals surface area contributed by atoms with Crippen LogP contribution >= 0.6 is 0 Å². The van der Waals surface area contributed by atoms with Crippen molar-refractivity contribution in [1.82, 2.24) is 0 Å². The maximum absolute atomic E-state index is 12.7. The van der Waals surface area contributed by atoms with Crippen molar-refractivity contribution in [2.24, 2.45) is 35.5 Å². The smallest absolute Gasteiger partial charge is 0.311 e. The molecule has 0 aromatic heterocycles. The Morgan fingerprint density at radius 1 is 0.920 bits per heavy atom. The minimum absolute atomic E-state index is 0.00211. The van der Waals surface area contributed by atoms with E-state index in [1.807, 2.05) is 34.6 Å². The second-order valence-electron chi connectivity index (χ2n) is 8.63. The van der Waals surface area contributed by atoms with Crippen molar-refractivity contribution in [2.75, 3.05) is 0 Å². The van der Waals surface area contributed by atoms with Crippen LogP contribution in [-0.4, -0.2) is 29.1 Å². The number of hydrogen-bond acceptors (Lipinski definition) is 4. The van der Waals surface area contributed by atoms with Crippen LogP contribution in [0.15, 0.2) is 0 Å². The molecule has 146 valence electrons. The van der Waals surface area contributed by atoms with Gasteiger partial charge in [-0.1, -0.05) is 41.5 Å². The molecule has 0 bridgehead atoms. The van der Waals surface area contributed by atoms with Gasteiger partial charge in [0.05, 0.1) is 12.0 Å². The quantitative estimate of drug-likeness (QED) is 0.715. The highest BCUT2D eigenvalue weighted by Crippen LogP contribution is 2.30. The summed E-state index contributed by atoms with van der Waals surface area (Å²) >= 11 is 0. The highest BCUT2D eigenvalue weighted by atomic mass is 16.5. The van der Waals surface area contributed by atoms with Crippen molar-refractivity contribution in [3.63, 3.8) is 0 Å². The molecule has 0 radical (unpaired) electrons. The molecule has 1 aliphatic heterocycles. The van der Waals surface area contributed by atoms with Gasteiger partial charge in [-0.15, -0.1) is 0 Å². The summed E-state index contributed by atoms with van der Waals surface area (Å²) in [6, 6.07) is 0. The summed E-state index contributed by atoms with van der Waals surface area (Å²) in [5, 5.41) is 10.6. The lowest BCUT2D eigenvalue weighted by atomic mass is 9.79. The Bertz CT molecular complexity index is 447. The number of rotatable bonds is 1. The average Bonchev–Trinajstić information content (AvgIpc) is 2.55. The number of carbonyl (C=O) groups is 2. The van der Waals surface area contributed by atoms with Crippen molar-refractivity contribution in [1.29, 1.82) is 0 Å². The van der Waals surface area contributed by atoms with Gasteiger partial charge in [0, 0.05) is 11.8 Å². The van der Waals surface area contributed by atoms with Crippen LogP contribution in [0.3, 0.4) is 0 Å².